The van der Waals surface area contributed by atoms with E-state index in [2.05, 4.69) is 15.9 Å². The average Bonchev–Trinajstić information content (AvgIpc) is 2.49. The molecule has 1 amide bonds. The maximum absolute atomic E-state index is 12.5. The lowest BCUT2D eigenvalue weighted by atomic mass is 10.1. The Labute approximate surface area is 137 Å². The molecule has 110 valence electrons. The molecule has 0 aliphatic rings. The number of benzene rings is 2. The van der Waals surface area contributed by atoms with E-state index in [0.717, 1.165) is 10.0 Å². The average molecular weight is 369 g/mol. The van der Waals surface area contributed by atoms with E-state index in [1.165, 1.54) is 0 Å². The molecule has 0 aliphatic carbocycles. The smallest absolute Gasteiger partial charge is 0.255 e. The Morgan fingerprint density at radius 2 is 2.00 bits per heavy atom. The molecule has 0 fully saturated rings. The monoisotopic (exact) mass is 367 g/mol. The number of hydrogen-bond acceptors (Lipinski definition) is 2. The van der Waals surface area contributed by atoms with Gasteiger partial charge in [0.15, 0.2) is 0 Å². The predicted octanol–water partition coefficient (Wildman–Crippen LogP) is 4.38. The molecule has 21 heavy (non-hydrogen) atoms. The number of methoxy groups -OCH3 is 1. The summed E-state index contributed by atoms with van der Waals surface area (Å²) in [6, 6.07) is 12.8. The largest absolute Gasteiger partial charge is 0.497 e. The topological polar surface area (TPSA) is 29.5 Å². The van der Waals surface area contributed by atoms with E-state index in [4.69, 9.17) is 16.3 Å². The molecule has 0 saturated heterocycles. The zero-order chi connectivity index (χ0) is 15.4. The third-order valence-electron chi connectivity index (χ3n) is 3.12. The molecule has 0 spiro atoms. The van der Waals surface area contributed by atoms with Gasteiger partial charge in [0.1, 0.15) is 5.75 Å². The minimum atomic E-state index is -0.0966. The second-order valence-corrected chi connectivity index (χ2v) is 5.86. The molecule has 2 rings (SSSR count). The first-order valence-electron chi connectivity index (χ1n) is 6.35. The second kappa shape index (κ2) is 6.96. The first-order valence-corrected chi connectivity index (χ1v) is 7.52. The first kappa shape index (κ1) is 15.9. The zero-order valence-corrected chi connectivity index (χ0v) is 14.1. The number of amides is 1. The quantitative estimate of drug-likeness (QED) is 0.801. The van der Waals surface area contributed by atoms with Crippen LogP contribution >= 0.6 is 27.5 Å². The van der Waals surface area contributed by atoms with Gasteiger partial charge in [0.05, 0.1) is 12.7 Å². The fourth-order valence-corrected chi connectivity index (χ4v) is 2.57. The Hall–Kier alpha value is -1.52. The third-order valence-corrected chi connectivity index (χ3v) is 4.18. The maximum Gasteiger partial charge on any atom is 0.255 e. The van der Waals surface area contributed by atoms with Gasteiger partial charge in [-0.3, -0.25) is 4.79 Å². The summed E-state index contributed by atoms with van der Waals surface area (Å²) >= 11 is 9.53. The lowest BCUT2D eigenvalue weighted by molar-refractivity contribution is 0.0784. The van der Waals surface area contributed by atoms with Crippen molar-refractivity contribution in [3.8, 4) is 5.75 Å². The molecule has 5 heteroatoms. The number of rotatable bonds is 4. The van der Waals surface area contributed by atoms with E-state index in [1.54, 1.807) is 37.3 Å². The van der Waals surface area contributed by atoms with Crippen LogP contribution in [0.25, 0.3) is 0 Å². The van der Waals surface area contributed by atoms with E-state index in [0.29, 0.717) is 22.9 Å². The third kappa shape index (κ3) is 3.77. The van der Waals surface area contributed by atoms with Crippen LogP contribution in [-0.4, -0.2) is 25.0 Å². The van der Waals surface area contributed by atoms with Crippen LogP contribution in [0.2, 0.25) is 5.02 Å². The van der Waals surface area contributed by atoms with E-state index < -0.39 is 0 Å². The summed E-state index contributed by atoms with van der Waals surface area (Å²) in [6.45, 7) is 0.447. The Morgan fingerprint density at radius 1 is 1.29 bits per heavy atom. The van der Waals surface area contributed by atoms with Crippen LogP contribution in [-0.2, 0) is 6.54 Å². The van der Waals surface area contributed by atoms with Gasteiger partial charge < -0.3 is 9.64 Å². The molecule has 0 heterocycles. The van der Waals surface area contributed by atoms with Gasteiger partial charge in [-0.15, -0.1) is 0 Å². The molecule has 2 aromatic rings. The summed E-state index contributed by atoms with van der Waals surface area (Å²) in [5.41, 5.74) is 1.47. The molecule has 3 nitrogen and oxygen atoms in total. The van der Waals surface area contributed by atoms with Crippen molar-refractivity contribution in [3.63, 3.8) is 0 Å². The van der Waals surface area contributed by atoms with Crippen LogP contribution in [0.1, 0.15) is 15.9 Å². The number of ether oxygens (including phenoxy) is 1. The van der Waals surface area contributed by atoms with E-state index >= 15 is 0 Å². The molecule has 0 bridgehead atoms. The molecule has 0 aliphatic heterocycles. The second-order valence-electron chi connectivity index (χ2n) is 4.60. The van der Waals surface area contributed by atoms with Crippen molar-refractivity contribution in [1.29, 1.82) is 0 Å². The van der Waals surface area contributed by atoms with Gasteiger partial charge in [-0.2, -0.15) is 0 Å². The zero-order valence-electron chi connectivity index (χ0n) is 11.8. The van der Waals surface area contributed by atoms with Crippen LogP contribution in [0, 0.1) is 0 Å². The molecule has 2 aromatic carbocycles. The molecular formula is C16H15BrClNO2. The van der Waals surface area contributed by atoms with Gasteiger partial charge in [-0.05, 0) is 45.8 Å². The van der Waals surface area contributed by atoms with E-state index in [9.17, 15) is 4.79 Å². The molecule has 0 unspecified atom stereocenters. The molecule has 0 saturated carbocycles. The standard InChI is InChI=1S/C16H15BrClNO2/c1-19(10-11-5-3-4-6-15(11)18)16(20)13-9-12(21-2)7-8-14(13)17/h3-9H,10H2,1-2H3. The summed E-state index contributed by atoms with van der Waals surface area (Å²) in [6.07, 6.45) is 0. The predicted molar refractivity (Wildman–Crippen MR) is 87.9 cm³/mol. The van der Waals surface area contributed by atoms with Crippen molar-refractivity contribution < 1.29 is 9.53 Å². The van der Waals surface area contributed by atoms with Crippen molar-refractivity contribution in [2.24, 2.45) is 0 Å². The van der Waals surface area contributed by atoms with Gasteiger partial charge in [0.2, 0.25) is 0 Å². The Bertz CT molecular complexity index is 660. The van der Waals surface area contributed by atoms with Crippen LogP contribution in [0.5, 0.6) is 5.75 Å². The maximum atomic E-state index is 12.5. The molecule has 0 atom stereocenters. The van der Waals surface area contributed by atoms with Crippen molar-refractivity contribution in [1.82, 2.24) is 4.90 Å². The fraction of sp³-hybridized carbons (Fsp3) is 0.188. The van der Waals surface area contributed by atoms with E-state index in [-0.39, 0.29) is 5.91 Å². The minimum absolute atomic E-state index is 0.0966. The number of carbonyl (C=O) groups excluding carboxylic acids is 1. The highest BCUT2D eigenvalue weighted by molar-refractivity contribution is 9.10. The number of halogens is 2. The Morgan fingerprint density at radius 3 is 2.67 bits per heavy atom. The summed E-state index contributed by atoms with van der Waals surface area (Å²) in [5, 5.41) is 0.654. The normalized spacial score (nSPS) is 10.3. The van der Waals surface area contributed by atoms with Crippen LogP contribution in [0.4, 0.5) is 0 Å². The summed E-state index contributed by atoms with van der Waals surface area (Å²) in [4.78, 5) is 14.2. The number of nitrogens with zero attached hydrogens (tertiary/aromatic N) is 1. The van der Waals surface area contributed by atoms with Gasteiger partial charge in [0, 0.05) is 23.1 Å². The highest BCUT2D eigenvalue weighted by atomic mass is 79.9. The van der Waals surface area contributed by atoms with Crippen LogP contribution in [0.15, 0.2) is 46.9 Å². The van der Waals surface area contributed by atoms with Gasteiger partial charge in [0.25, 0.3) is 5.91 Å². The highest BCUT2D eigenvalue weighted by Crippen LogP contribution is 2.24. The lowest BCUT2D eigenvalue weighted by Gasteiger charge is -2.19. The Balaban J connectivity index is 2.22. The van der Waals surface area contributed by atoms with Gasteiger partial charge in [-0.1, -0.05) is 29.8 Å². The molecule has 0 radical (unpaired) electrons. The lowest BCUT2D eigenvalue weighted by Crippen LogP contribution is -2.26. The van der Waals surface area contributed by atoms with Gasteiger partial charge in [-0.25, -0.2) is 0 Å². The highest BCUT2D eigenvalue weighted by Gasteiger charge is 2.17. The molecule has 0 aromatic heterocycles. The SMILES string of the molecule is COc1ccc(Br)c(C(=O)N(C)Cc2ccccc2Cl)c1. The summed E-state index contributed by atoms with van der Waals surface area (Å²) in [7, 11) is 3.32. The molecular weight excluding hydrogens is 354 g/mol. The minimum Gasteiger partial charge on any atom is -0.497 e. The van der Waals surface area contributed by atoms with Crippen molar-refractivity contribution in [3.05, 3.63) is 63.1 Å². The van der Waals surface area contributed by atoms with Crippen molar-refractivity contribution in [2.45, 2.75) is 6.54 Å². The van der Waals surface area contributed by atoms with Crippen LogP contribution in [0.3, 0.4) is 0 Å². The van der Waals surface area contributed by atoms with Crippen molar-refractivity contribution in [2.75, 3.05) is 14.2 Å². The van der Waals surface area contributed by atoms with Crippen LogP contribution < -0.4 is 4.74 Å². The summed E-state index contributed by atoms with van der Waals surface area (Å²) in [5.74, 6) is 0.549. The Kier molecular flexibility index (Phi) is 5.26. The summed E-state index contributed by atoms with van der Waals surface area (Å²) < 4.78 is 5.90. The van der Waals surface area contributed by atoms with Gasteiger partial charge >= 0.3 is 0 Å². The fourth-order valence-electron chi connectivity index (χ4n) is 1.95. The van der Waals surface area contributed by atoms with Crippen molar-refractivity contribution >= 4 is 33.4 Å². The first-order chi connectivity index (χ1) is 10.0. The number of carbonyl (C=O) groups is 1. The molecule has 0 N–H and O–H groups in total. The van der Waals surface area contributed by atoms with E-state index in [1.807, 2.05) is 24.3 Å². The number of hydrogen-bond donors (Lipinski definition) is 0.